The Morgan fingerprint density at radius 1 is 1.41 bits per heavy atom. The minimum absolute atomic E-state index is 0.0271. The van der Waals surface area contributed by atoms with Crippen LogP contribution in [0, 0.1) is 12.8 Å². The van der Waals surface area contributed by atoms with Gasteiger partial charge in [0.25, 0.3) is 0 Å². The molecule has 3 nitrogen and oxygen atoms in total. The normalized spacial score (nSPS) is 12.6. The molecule has 3 heteroatoms. The number of Topliss-reactive ketones (excluding diaryl/α,β-unsaturated/α-hetero) is 1. The highest BCUT2D eigenvalue weighted by molar-refractivity contribution is 6.00. The SMILES string of the molecule is COc1ccc(C)cc1C(=O)C(C)CN(C)C. The molecule has 0 saturated carbocycles. The van der Waals surface area contributed by atoms with Gasteiger partial charge in [-0.2, -0.15) is 0 Å². The zero-order chi connectivity index (χ0) is 13.0. The fourth-order valence-electron chi connectivity index (χ4n) is 1.91. The van der Waals surface area contributed by atoms with Gasteiger partial charge in [-0.15, -0.1) is 0 Å². The molecule has 17 heavy (non-hydrogen) atoms. The molecule has 0 aliphatic carbocycles. The number of rotatable bonds is 5. The maximum atomic E-state index is 12.3. The number of ketones is 1. The predicted molar refractivity (Wildman–Crippen MR) is 69.8 cm³/mol. The Hall–Kier alpha value is -1.35. The first-order valence-electron chi connectivity index (χ1n) is 5.79. The molecule has 1 aromatic carbocycles. The van der Waals surface area contributed by atoms with E-state index in [9.17, 15) is 4.79 Å². The molecule has 0 aliphatic heterocycles. The van der Waals surface area contributed by atoms with Crippen LogP contribution in [0.3, 0.4) is 0 Å². The van der Waals surface area contributed by atoms with Crippen molar-refractivity contribution in [3.8, 4) is 5.75 Å². The summed E-state index contributed by atoms with van der Waals surface area (Å²) >= 11 is 0. The minimum atomic E-state index is -0.0271. The van der Waals surface area contributed by atoms with Crippen molar-refractivity contribution < 1.29 is 9.53 Å². The topological polar surface area (TPSA) is 29.5 Å². The molecule has 1 rings (SSSR count). The Kier molecular flexibility index (Phi) is 4.70. The van der Waals surface area contributed by atoms with Gasteiger partial charge in [0.2, 0.25) is 0 Å². The Morgan fingerprint density at radius 2 is 2.06 bits per heavy atom. The summed E-state index contributed by atoms with van der Waals surface area (Å²) in [6.07, 6.45) is 0. The number of aryl methyl sites for hydroxylation is 1. The number of ether oxygens (including phenoxy) is 1. The van der Waals surface area contributed by atoms with Crippen LogP contribution < -0.4 is 4.74 Å². The van der Waals surface area contributed by atoms with Gasteiger partial charge in [0, 0.05) is 12.5 Å². The predicted octanol–water partition coefficient (Wildman–Crippen LogP) is 2.38. The summed E-state index contributed by atoms with van der Waals surface area (Å²) < 4.78 is 5.24. The first-order chi connectivity index (χ1) is 7.95. The van der Waals surface area contributed by atoms with E-state index in [1.807, 2.05) is 51.0 Å². The van der Waals surface area contributed by atoms with Crippen LogP contribution in [-0.4, -0.2) is 38.4 Å². The molecule has 0 heterocycles. The smallest absolute Gasteiger partial charge is 0.170 e. The molecule has 1 atom stereocenters. The van der Waals surface area contributed by atoms with Crippen LogP contribution in [0.15, 0.2) is 18.2 Å². The highest BCUT2D eigenvalue weighted by atomic mass is 16.5. The summed E-state index contributed by atoms with van der Waals surface area (Å²) in [6.45, 7) is 4.67. The molecule has 0 bridgehead atoms. The van der Waals surface area contributed by atoms with Crippen molar-refractivity contribution in [3.05, 3.63) is 29.3 Å². The molecule has 1 aromatic rings. The van der Waals surface area contributed by atoms with Crippen molar-refractivity contribution in [1.82, 2.24) is 4.90 Å². The van der Waals surface area contributed by atoms with Gasteiger partial charge >= 0.3 is 0 Å². The van der Waals surface area contributed by atoms with Crippen molar-refractivity contribution in [2.45, 2.75) is 13.8 Å². The third-order valence-corrected chi connectivity index (χ3v) is 2.71. The highest BCUT2D eigenvalue weighted by Gasteiger charge is 2.19. The molecule has 0 amide bonds. The second-order valence-corrected chi connectivity index (χ2v) is 4.73. The number of benzene rings is 1. The van der Waals surface area contributed by atoms with Gasteiger partial charge in [-0.3, -0.25) is 4.79 Å². The molecule has 0 aliphatic rings. The van der Waals surface area contributed by atoms with Crippen LogP contribution in [0.4, 0.5) is 0 Å². The third-order valence-electron chi connectivity index (χ3n) is 2.71. The monoisotopic (exact) mass is 235 g/mol. The van der Waals surface area contributed by atoms with Crippen LogP contribution in [-0.2, 0) is 0 Å². The number of methoxy groups -OCH3 is 1. The van der Waals surface area contributed by atoms with Crippen LogP contribution in [0.1, 0.15) is 22.8 Å². The Labute approximate surface area is 103 Å². The van der Waals surface area contributed by atoms with Crippen molar-refractivity contribution in [2.75, 3.05) is 27.7 Å². The largest absolute Gasteiger partial charge is 0.496 e. The van der Waals surface area contributed by atoms with Crippen molar-refractivity contribution in [3.63, 3.8) is 0 Å². The molecule has 0 radical (unpaired) electrons. The second kappa shape index (κ2) is 5.82. The Bertz CT molecular complexity index is 399. The molecule has 0 spiro atoms. The van der Waals surface area contributed by atoms with Crippen molar-refractivity contribution in [2.24, 2.45) is 5.92 Å². The maximum Gasteiger partial charge on any atom is 0.170 e. The van der Waals surface area contributed by atoms with Gasteiger partial charge in [0.15, 0.2) is 5.78 Å². The van der Waals surface area contributed by atoms with Gasteiger partial charge < -0.3 is 9.64 Å². The summed E-state index contributed by atoms with van der Waals surface area (Å²) in [5.74, 6) is 0.770. The first-order valence-corrected chi connectivity index (χ1v) is 5.79. The van der Waals surface area contributed by atoms with Gasteiger partial charge in [0.1, 0.15) is 5.75 Å². The molecular formula is C14H21NO2. The van der Waals surface area contributed by atoms with Crippen LogP contribution >= 0.6 is 0 Å². The van der Waals surface area contributed by atoms with E-state index in [0.29, 0.717) is 11.3 Å². The summed E-state index contributed by atoms with van der Waals surface area (Å²) in [7, 11) is 5.53. The second-order valence-electron chi connectivity index (χ2n) is 4.73. The highest BCUT2D eigenvalue weighted by Crippen LogP contribution is 2.23. The van der Waals surface area contributed by atoms with Gasteiger partial charge in [-0.1, -0.05) is 18.6 Å². The molecule has 0 fully saturated rings. The number of carbonyl (C=O) groups excluding carboxylic acids is 1. The fourth-order valence-corrected chi connectivity index (χ4v) is 1.91. The lowest BCUT2D eigenvalue weighted by molar-refractivity contribution is 0.0907. The van der Waals surface area contributed by atoms with E-state index >= 15 is 0 Å². The molecule has 1 unspecified atom stereocenters. The van der Waals surface area contributed by atoms with Crippen molar-refractivity contribution in [1.29, 1.82) is 0 Å². The van der Waals surface area contributed by atoms with E-state index < -0.39 is 0 Å². The van der Waals surface area contributed by atoms with E-state index in [4.69, 9.17) is 4.74 Å². The zero-order valence-electron chi connectivity index (χ0n) is 11.3. The number of hydrogen-bond acceptors (Lipinski definition) is 3. The summed E-state index contributed by atoms with van der Waals surface area (Å²) in [4.78, 5) is 14.3. The van der Waals surface area contributed by atoms with Crippen molar-refractivity contribution >= 4 is 5.78 Å². The molecular weight excluding hydrogens is 214 g/mol. The maximum absolute atomic E-state index is 12.3. The Morgan fingerprint density at radius 3 is 2.59 bits per heavy atom. The average molecular weight is 235 g/mol. The van der Waals surface area contributed by atoms with E-state index in [1.54, 1.807) is 7.11 Å². The van der Waals surface area contributed by atoms with E-state index in [0.717, 1.165) is 12.1 Å². The quantitative estimate of drug-likeness (QED) is 0.734. The lowest BCUT2D eigenvalue weighted by atomic mass is 9.97. The summed E-state index contributed by atoms with van der Waals surface area (Å²) in [5.41, 5.74) is 1.76. The zero-order valence-corrected chi connectivity index (χ0v) is 11.3. The number of carbonyl (C=O) groups is 1. The minimum Gasteiger partial charge on any atom is -0.496 e. The lowest BCUT2D eigenvalue weighted by Crippen LogP contribution is -2.26. The van der Waals surface area contributed by atoms with Crippen LogP contribution in [0.2, 0.25) is 0 Å². The lowest BCUT2D eigenvalue weighted by Gasteiger charge is -2.17. The molecule has 0 saturated heterocycles. The fraction of sp³-hybridized carbons (Fsp3) is 0.500. The third kappa shape index (κ3) is 3.56. The van der Waals surface area contributed by atoms with Gasteiger partial charge in [0.05, 0.1) is 12.7 Å². The number of nitrogens with zero attached hydrogens (tertiary/aromatic N) is 1. The van der Waals surface area contributed by atoms with Gasteiger partial charge in [-0.25, -0.2) is 0 Å². The Balaban J connectivity index is 2.98. The molecule has 0 N–H and O–H groups in total. The summed E-state index contributed by atoms with van der Waals surface area (Å²) in [5, 5.41) is 0. The molecule has 94 valence electrons. The first kappa shape index (κ1) is 13.7. The average Bonchev–Trinajstić information content (AvgIpc) is 2.27. The van der Waals surface area contributed by atoms with E-state index in [1.165, 1.54) is 0 Å². The van der Waals surface area contributed by atoms with E-state index in [2.05, 4.69) is 0 Å². The van der Waals surface area contributed by atoms with Crippen LogP contribution in [0.5, 0.6) is 5.75 Å². The molecule has 0 aromatic heterocycles. The van der Waals surface area contributed by atoms with E-state index in [-0.39, 0.29) is 11.7 Å². The van der Waals surface area contributed by atoms with Crippen LogP contribution in [0.25, 0.3) is 0 Å². The number of hydrogen-bond donors (Lipinski definition) is 0. The standard InChI is InChI=1S/C14H21NO2/c1-10-6-7-13(17-5)12(8-10)14(16)11(2)9-15(3)4/h6-8,11H,9H2,1-5H3. The van der Waals surface area contributed by atoms with Gasteiger partial charge in [-0.05, 0) is 33.2 Å². The summed E-state index contributed by atoms with van der Waals surface area (Å²) in [6, 6.07) is 5.70.